The maximum atomic E-state index is 11.1. The number of hydrogen-bond donors (Lipinski definition) is 0. The zero-order valence-electron chi connectivity index (χ0n) is 7.06. The van der Waals surface area contributed by atoms with E-state index < -0.39 is 17.8 Å². The van der Waals surface area contributed by atoms with Gasteiger partial charge in [-0.2, -0.15) is 0 Å². The third-order valence-electron chi connectivity index (χ3n) is 3.46. The molecule has 0 amide bonds. The summed E-state index contributed by atoms with van der Waals surface area (Å²) in [5.74, 6) is -1.75. The van der Waals surface area contributed by atoms with Gasteiger partial charge in [0, 0.05) is 22.9 Å². The Kier molecular flexibility index (Phi) is 2.02. The van der Waals surface area contributed by atoms with Crippen LogP contribution in [0.25, 0.3) is 0 Å². The molecule has 0 heterocycles. The van der Waals surface area contributed by atoms with Crippen molar-refractivity contribution < 1.29 is 14.7 Å². The fraction of sp³-hybridized carbons (Fsp3) is 0.778. The summed E-state index contributed by atoms with van der Waals surface area (Å²) in [7, 11) is 0. The topological polar surface area (TPSA) is 57.2 Å². The summed E-state index contributed by atoms with van der Waals surface area (Å²) in [5.41, 5.74) is 0. The van der Waals surface area contributed by atoms with Gasteiger partial charge < -0.3 is 27.3 Å². The number of rotatable bonds is 2. The molecule has 0 aromatic heterocycles. The van der Waals surface area contributed by atoms with Gasteiger partial charge in [-0.15, -0.1) is 0 Å². The zero-order valence-corrected chi connectivity index (χ0v) is 7.88. The van der Waals surface area contributed by atoms with Crippen LogP contribution in [0, 0.1) is 23.7 Å². The highest BCUT2D eigenvalue weighted by molar-refractivity contribution is 7.77. The van der Waals surface area contributed by atoms with Gasteiger partial charge >= 0.3 is 0 Å². The predicted molar refractivity (Wildman–Crippen MR) is 45.2 cm³/mol. The van der Waals surface area contributed by atoms with Gasteiger partial charge in [-0.25, -0.2) is 0 Å². The number of carbonyl (C=O) groups is 2. The van der Waals surface area contributed by atoms with E-state index in [0.717, 1.165) is 19.3 Å². The monoisotopic (exact) mass is 198 g/mol. The highest BCUT2D eigenvalue weighted by Gasteiger charge is 2.48. The zero-order chi connectivity index (χ0) is 9.59. The van der Waals surface area contributed by atoms with Gasteiger partial charge in [-0.1, -0.05) is 0 Å². The Labute approximate surface area is 81.9 Å². The molecule has 2 rings (SSSR count). The molecule has 0 aromatic carbocycles. The van der Waals surface area contributed by atoms with Crippen LogP contribution in [0.3, 0.4) is 0 Å². The average Bonchev–Trinajstić information content (AvgIpc) is 2.60. The smallest absolute Gasteiger partial charge is 0.0454 e. The lowest BCUT2D eigenvalue weighted by molar-refractivity contribution is -0.314. The average molecular weight is 198 g/mol. The van der Waals surface area contributed by atoms with E-state index in [1.54, 1.807) is 0 Å². The molecule has 4 heteroatoms. The van der Waals surface area contributed by atoms with Crippen molar-refractivity contribution in [2.75, 3.05) is 0 Å². The van der Waals surface area contributed by atoms with Crippen LogP contribution in [0.2, 0.25) is 0 Å². The molecule has 0 aliphatic heterocycles. The van der Waals surface area contributed by atoms with Crippen LogP contribution in [0.1, 0.15) is 19.3 Å². The van der Waals surface area contributed by atoms with Crippen LogP contribution in [0.5, 0.6) is 0 Å². The minimum absolute atomic E-state index is 0.145. The number of hydrogen-bond acceptors (Lipinski definition) is 4. The van der Waals surface area contributed by atoms with Crippen molar-refractivity contribution in [1.82, 2.24) is 0 Å². The Hall–Kier alpha value is -0.640. The molecular formula is C9H10O3S-2. The van der Waals surface area contributed by atoms with Crippen molar-refractivity contribution in [3.63, 3.8) is 0 Å². The van der Waals surface area contributed by atoms with Crippen molar-refractivity contribution in [2.24, 2.45) is 23.7 Å². The fourth-order valence-electron chi connectivity index (χ4n) is 2.97. The first-order valence-corrected chi connectivity index (χ1v) is 4.94. The van der Waals surface area contributed by atoms with E-state index in [4.69, 9.17) is 0 Å². The van der Waals surface area contributed by atoms with Crippen molar-refractivity contribution in [1.29, 1.82) is 0 Å². The fourth-order valence-corrected chi connectivity index (χ4v) is 3.31. The number of carboxylic acids is 1. The van der Waals surface area contributed by atoms with E-state index in [1.807, 2.05) is 0 Å². The molecule has 0 radical (unpaired) electrons. The first-order chi connectivity index (χ1) is 6.11. The second kappa shape index (κ2) is 2.94. The van der Waals surface area contributed by atoms with E-state index in [1.165, 1.54) is 0 Å². The van der Waals surface area contributed by atoms with Crippen molar-refractivity contribution in [3.8, 4) is 0 Å². The quantitative estimate of drug-likeness (QED) is 0.560. The molecule has 4 atom stereocenters. The second-order valence-electron chi connectivity index (χ2n) is 4.02. The molecule has 2 aliphatic rings. The minimum Gasteiger partial charge on any atom is -0.742 e. The third kappa shape index (κ3) is 1.24. The minimum atomic E-state index is -1.09. The summed E-state index contributed by atoms with van der Waals surface area (Å²) in [6, 6.07) is 0. The Morgan fingerprint density at radius 3 is 2.08 bits per heavy atom. The standard InChI is InChI=1S/C9H12O3S/c10-8(11)6-4-1-2-5(3-4)7(6)9(12)13/h4-7H,1-3H2,(H,10,11)(H,12,13)/p-2. The molecule has 2 fully saturated rings. The molecular weight excluding hydrogens is 188 g/mol. The Balaban J connectivity index is 2.24. The summed E-state index contributed by atoms with van der Waals surface area (Å²) < 4.78 is 0. The molecule has 0 N–H and O–H groups in total. The predicted octanol–water partition coefficient (Wildman–Crippen LogP) is -0.528. The van der Waals surface area contributed by atoms with E-state index in [2.05, 4.69) is 12.6 Å². The lowest BCUT2D eigenvalue weighted by atomic mass is 9.80. The third-order valence-corrected chi connectivity index (χ3v) is 3.73. The van der Waals surface area contributed by atoms with E-state index in [-0.39, 0.29) is 17.0 Å². The van der Waals surface area contributed by atoms with Crippen molar-refractivity contribution >= 4 is 23.7 Å². The van der Waals surface area contributed by atoms with Gasteiger partial charge in [0.1, 0.15) is 0 Å². The Morgan fingerprint density at radius 1 is 1.15 bits per heavy atom. The first kappa shape index (κ1) is 8.94. The van der Waals surface area contributed by atoms with Crippen LogP contribution in [0.15, 0.2) is 0 Å². The summed E-state index contributed by atoms with van der Waals surface area (Å²) in [6.07, 6.45) is 2.73. The Bertz CT molecular complexity index is 238. The number of carboxylic acid groups (broad SMARTS) is 1. The Morgan fingerprint density at radius 2 is 1.69 bits per heavy atom. The molecule has 4 unspecified atom stereocenters. The van der Waals surface area contributed by atoms with Crippen molar-refractivity contribution in [3.05, 3.63) is 0 Å². The van der Waals surface area contributed by atoms with E-state index >= 15 is 0 Å². The van der Waals surface area contributed by atoms with Crippen LogP contribution >= 0.6 is 0 Å². The summed E-state index contributed by atoms with van der Waals surface area (Å²) in [4.78, 5) is 21.9. The second-order valence-corrected chi connectivity index (χ2v) is 4.43. The van der Waals surface area contributed by atoms with Crippen LogP contribution in [-0.4, -0.2) is 11.1 Å². The first-order valence-electron chi connectivity index (χ1n) is 4.53. The molecule has 0 saturated heterocycles. The summed E-state index contributed by atoms with van der Waals surface area (Å²) in [6.45, 7) is 0. The summed E-state index contributed by atoms with van der Waals surface area (Å²) >= 11 is 4.57. The largest absolute Gasteiger partial charge is 0.742 e. The van der Waals surface area contributed by atoms with E-state index in [9.17, 15) is 14.7 Å². The van der Waals surface area contributed by atoms with Gasteiger partial charge in [0.2, 0.25) is 0 Å². The highest BCUT2D eigenvalue weighted by Crippen LogP contribution is 2.52. The van der Waals surface area contributed by atoms with Crippen LogP contribution < -0.4 is 5.11 Å². The number of aliphatic carboxylic acids is 1. The molecule has 2 saturated carbocycles. The molecule has 0 spiro atoms. The maximum absolute atomic E-state index is 11.1. The number of carbonyl (C=O) groups excluding carboxylic acids is 2. The van der Waals surface area contributed by atoms with Crippen molar-refractivity contribution in [2.45, 2.75) is 19.3 Å². The highest BCUT2D eigenvalue weighted by atomic mass is 32.1. The lowest BCUT2D eigenvalue weighted by Gasteiger charge is -2.32. The van der Waals surface area contributed by atoms with Gasteiger partial charge in [-0.05, 0) is 31.1 Å². The maximum Gasteiger partial charge on any atom is 0.0454 e. The molecule has 3 nitrogen and oxygen atoms in total. The van der Waals surface area contributed by atoms with Gasteiger partial charge in [0.25, 0.3) is 0 Å². The van der Waals surface area contributed by atoms with Crippen LogP contribution in [0.4, 0.5) is 0 Å². The number of fused-ring (bicyclic) bond motifs is 2. The van der Waals surface area contributed by atoms with E-state index in [0.29, 0.717) is 0 Å². The SMILES string of the molecule is O=C([O-])C1C2CCC(C2)C1C(=O)[S-]. The molecule has 0 aromatic rings. The molecule has 13 heavy (non-hydrogen) atoms. The van der Waals surface area contributed by atoms with Crippen LogP contribution in [-0.2, 0) is 22.2 Å². The lowest BCUT2D eigenvalue weighted by Crippen LogP contribution is -2.41. The van der Waals surface area contributed by atoms with Gasteiger partial charge in [0.15, 0.2) is 0 Å². The van der Waals surface area contributed by atoms with Gasteiger partial charge in [0.05, 0.1) is 0 Å². The molecule has 72 valence electrons. The molecule has 2 aliphatic carbocycles. The van der Waals surface area contributed by atoms with Gasteiger partial charge in [-0.3, -0.25) is 0 Å². The molecule has 2 bridgehead atoms. The summed E-state index contributed by atoms with van der Waals surface area (Å²) in [5, 5.41) is 10.4. The normalized spacial score (nSPS) is 42.2.